The number of β-amino-alcohol motifs (C(OH)–C–C–N with tert-alkyl or cyclic N) is 1. The number of halogens is 2. The third-order valence-electron chi connectivity index (χ3n) is 2.89. The first-order chi connectivity index (χ1) is 8.41. The van der Waals surface area contributed by atoms with Crippen LogP contribution >= 0.6 is 23.2 Å². The number of nitrogens with zero attached hydrogens (tertiary/aromatic N) is 1. The summed E-state index contributed by atoms with van der Waals surface area (Å²) in [6, 6.07) is 4.21. The van der Waals surface area contributed by atoms with E-state index in [1.54, 1.807) is 0 Å². The maximum atomic E-state index is 12.3. The molecule has 1 unspecified atom stereocenters. The van der Waals surface area contributed by atoms with E-state index >= 15 is 0 Å². The van der Waals surface area contributed by atoms with Crippen LogP contribution < -0.4 is 0 Å². The van der Waals surface area contributed by atoms with Crippen molar-refractivity contribution in [3.8, 4) is 0 Å². The first-order valence-corrected chi connectivity index (χ1v) is 7.74. The SMILES string of the molecule is O=S(=O)(c1ccc(Cl)c(Cl)c1)N1CCCC(O)C1. The van der Waals surface area contributed by atoms with Crippen LogP contribution in [0.15, 0.2) is 23.1 Å². The first kappa shape index (κ1) is 14.1. The third-order valence-corrected chi connectivity index (χ3v) is 5.49. The van der Waals surface area contributed by atoms with Crippen molar-refractivity contribution in [3.63, 3.8) is 0 Å². The van der Waals surface area contributed by atoms with Gasteiger partial charge in [0.05, 0.1) is 21.0 Å². The number of benzene rings is 1. The van der Waals surface area contributed by atoms with Gasteiger partial charge in [0.25, 0.3) is 0 Å². The Morgan fingerprint density at radius 2 is 2.00 bits per heavy atom. The molecule has 1 saturated heterocycles. The number of rotatable bonds is 2. The summed E-state index contributed by atoms with van der Waals surface area (Å²) in [6.45, 7) is 0.544. The van der Waals surface area contributed by atoms with E-state index in [-0.39, 0.29) is 16.5 Å². The van der Waals surface area contributed by atoms with Crippen molar-refractivity contribution >= 4 is 33.2 Å². The van der Waals surface area contributed by atoms with Gasteiger partial charge in [0.1, 0.15) is 0 Å². The largest absolute Gasteiger partial charge is 0.392 e. The van der Waals surface area contributed by atoms with Gasteiger partial charge in [-0.25, -0.2) is 8.42 Å². The lowest BCUT2D eigenvalue weighted by molar-refractivity contribution is 0.108. The van der Waals surface area contributed by atoms with E-state index in [0.29, 0.717) is 24.4 Å². The zero-order chi connectivity index (χ0) is 13.3. The molecule has 2 rings (SSSR count). The molecule has 0 radical (unpaired) electrons. The molecule has 0 aliphatic carbocycles. The van der Waals surface area contributed by atoms with Crippen molar-refractivity contribution < 1.29 is 13.5 Å². The van der Waals surface area contributed by atoms with E-state index in [4.69, 9.17) is 23.2 Å². The highest BCUT2D eigenvalue weighted by Crippen LogP contribution is 2.27. The van der Waals surface area contributed by atoms with Crippen LogP contribution in [0.2, 0.25) is 10.0 Å². The number of hydrogen-bond acceptors (Lipinski definition) is 3. The highest BCUT2D eigenvalue weighted by molar-refractivity contribution is 7.89. The minimum Gasteiger partial charge on any atom is -0.392 e. The van der Waals surface area contributed by atoms with Crippen LogP contribution in [0.25, 0.3) is 0 Å². The normalized spacial score (nSPS) is 22.1. The highest BCUT2D eigenvalue weighted by Gasteiger charge is 2.29. The fourth-order valence-corrected chi connectivity index (χ4v) is 3.83. The van der Waals surface area contributed by atoms with Crippen molar-refractivity contribution in [3.05, 3.63) is 28.2 Å². The number of hydrogen-bond donors (Lipinski definition) is 1. The summed E-state index contributed by atoms with van der Waals surface area (Å²) >= 11 is 11.6. The van der Waals surface area contributed by atoms with Crippen molar-refractivity contribution in [2.45, 2.75) is 23.8 Å². The number of piperidine rings is 1. The Labute approximate surface area is 116 Å². The molecular weight excluding hydrogens is 297 g/mol. The van der Waals surface area contributed by atoms with E-state index in [9.17, 15) is 13.5 Å². The lowest BCUT2D eigenvalue weighted by atomic mass is 10.1. The summed E-state index contributed by atoms with van der Waals surface area (Å²) in [6.07, 6.45) is 0.686. The molecule has 1 aromatic carbocycles. The van der Waals surface area contributed by atoms with E-state index in [0.717, 1.165) is 0 Å². The molecule has 1 N–H and O–H groups in total. The zero-order valence-electron chi connectivity index (χ0n) is 9.51. The van der Waals surface area contributed by atoms with Gasteiger partial charge in [0.2, 0.25) is 10.0 Å². The van der Waals surface area contributed by atoms with Gasteiger partial charge < -0.3 is 5.11 Å². The van der Waals surface area contributed by atoms with Crippen LogP contribution in [-0.4, -0.2) is 37.0 Å². The summed E-state index contributed by atoms with van der Waals surface area (Å²) in [4.78, 5) is 0.103. The molecule has 1 atom stereocenters. The molecule has 4 nitrogen and oxygen atoms in total. The Bertz CT molecular complexity index is 547. The van der Waals surface area contributed by atoms with Crippen molar-refractivity contribution in [1.29, 1.82) is 0 Å². The Hall–Kier alpha value is -0.330. The van der Waals surface area contributed by atoms with E-state index < -0.39 is 16.1 Å². The average Bonchev–Trinajstić information content (AvgIpc) is 2.32. The third kappa shape index (κ3) is 2.81. The van der Waals surface area contributed by atoms with Crippen LogP contribution in [0.5, 0.6) is 0 Å². The van der Waals surface area contributed by atoms with Gasteiger partial charge in [-0.1, -0.05) is 23.2 Å². The quantitative estimate of drug-likeness (QED) is 0.910. The average molecular weight is 310 g/mol. The summed E-state index contributed by atoms with van der Waals surface area (Å²) in [5.41, 5.74) is 0. The molecule has 100 valence electrons. The standard InChI is InChI=1S/C11H13Cl2NO3S/c12-10-4-3-9(6-11(10)13)18(16,17)14-5-1-2-8(15)7-14/h3-4,6,8,15H,1-2,5,7H2. The minimum atomic E-state index is -3.60. The summed E-state index contributed by atoms with van der Waals surface area (Å²) < 4.78 is 25.9. The maximum absolute atomic E-state index is 12.3. The molecule has 18 heavy (non-hydrogen) atoms. The molecule has 0 spiro atoms. The second-order valence-electron chi connectivity index (χ2n) is 4.24. The van der Waals surface area contributed by atoms with E-state index in [1.807, 2.05) is 0 Å². The van der Waals surface area contributed by atoms with Gasteiger partial charge in [-0.15, -0.1) is 0 Å². The topological polar surface area (TPSA) is 57.6 Å². The van der Waals surface area contributed by atoms with Gasteiger partial charge in [0, 0.05) is 13.1 Å². The summed E-state index contributed by atoms with van der Waals surface area (Å²) in [5.74, 6) is 0. The predicted octanol–water partition coefficient (Wildman–Crippen LogP) is 2.14. The zero-order valence-corrected chi connectivity index (χ0v) is 11.8. The fourth-order valence-electron chi connectivity index (χ4n) is 1.93. The molecule has 1 aromatic rings. The van der Waals surface area contributed by atoms with Crippen molar-refractivity contribution in [2.75, 3.05) is 13.1 Å². The molecule has 0 aromatic heterocycles. The van der Waals surface area contributed by atoms with Crippen LogP contribution in [0, 0.1) is 0 Å². The highest BCUT2D eigenvalue weighted by atomic mass is 35.5. The van der Waals surface area contributed by atoms with Crippen molar-refractivity contribution in [2.24, 2.45) is 0 Å². The Morgan fingerprint density at radius 1 is 1.28 bits per heavy atom. The van der Waals surface area contributed by atoms with Crippen LogP contribution in [-0.2, 0) is 10.0 Å². The van der Waals surface area contributed by atoms with E-state index in [2.05, 4.69) is 0 Å². The molecule has 1 aliphatic heterocycles. The Kier molecular flexibility index (Phi) is 4.18. The number of sulfonamides is 1. The smallest absolute Gasteiger partial charge is 0.243 e. The number of aliphatic hydroxyl groups excluding tert-OH is 1. The second kappa shape index (κ2) is 5.35. The Morgan fingerprint density at radius 3 is 2.61 bits per heavy atom. The molecule has 1 fully saturated rings. The fraction of sp³-hybridized carbons (Fsp3) is 0.455. The molecule has 0 saturated carbocycles. The van der Waals surface area contributed by atoms with Gasteiger partial charge in [-0.05, 0) is 31.0 Å². The van der Waals surface area contributed by atoms with Crippen LogP contribution in [0.3, 0.4) is 0 Å². The first-order valence-electron chi connectivity index (χ1n) is 5.54. The lowest BCUT2D eigenvalue weighted by Gasteiger charge is -2.29. The van der Waals surface area contributed by atoms with Crippen LogP contribution in [0.1, 0.15) is 12.8 Å². The van der Waals surface area contributed by atoms with Crippen molar-refractivity contribution in [1.82, 2.24) is 4.31 Å². The Balaban J connectivity index is 2.32. The predicted molar refractivity (Wildman–Crippen MR) is 70.5 cm³/mol. The van der Waals surface area contributed by atoms with Crippen LogP contribution in [0.4, 0.5) is 0 Å². The van der Waals surface area contributed by atoms with Gasteiger partial charge in [-0.2, -0.15) is 4.31 Å². The van der Waals surface area contributed by atoms with Gasteiger partial charge in [-0.3, -0.25) is 0 Å². The minimum absolute atomic E-state index is 0.103. The number of aliphatic hydroxyl groups is 1. The summed E-state index contributed by atoms with van der Waals surface area (Å²) in [5, 5.41) is 10.1. The molecule has 1 heterocycles. The van der Waals surface area contributed by atoms with Gasteiger partial charge >= 0.3 is 0 Å². The molecule has 7 heteroatoms. The van der Waals surface area contributed by atoms with Gasteiger partial charge in [0.15, 0.2) is 0 Å². The molecule has 0 amide bonds. The molecular formula is C11H13Cl2NO3S. The maximum Gasteiger partial charge on any atom is 0.243 e. The lowest BCUT2D eigenvalue weighted by Crippen LogP contribution is -2.42. The monoisotopic (exact) mass is 309 g/mol. The van der Waals surface area contributed by atoms with E-state index in [1.165, 1.54) is 22.5 Å². The molecule has 0 bridgehead atoms. The second-order valence-corrected chi connectivity index (χ2v) is 6.99. The molecule has 1 aliphatic rings. The summed E-state index contributed by atoms with van der Waals surface area (Å²) in [7, 11) is -3.60.